The minimum absolute atomic E-state index is 0.310. The molecule has 2 rings (SSSR count). The molecule has 90 valence electrons. The van der Waals surface area contributed by atoms with E-state index in [1.807, 2.05) is 17.9 Å². The molecule has 3 nitrogen and oxygen atoms in total. The first-order valence-electron chi connectivity index (χ1n) is 5.82. The van der Waals surface area contributed by atoms with Gasteiger partial charge in [-0.15, -0.1) is 0 Å². The first kappa shape index (κ1) is 12.1. The quantitative estimate of drug-likeness (QED) is 0.796. The highest BCUT2D eigenvalue weighted by atomic mass is 79.9. The van der Waals surface area contributed by atoms with Crippen LogP contribution in [-0.2, 0) is 18.2 Å². The van der Waals surface area contributed by atoms with Crippen LogP contribution in [0.2, 0.25) is 0 Å². The largest absolute Gasteiger partial charge is 0.378 e. The molecule has 0 saturated carbocycles. The molecule has 2 heterocycles. The van der Waals surface area contributed by atoms with Gasteiger partial charge in [-0.05, 0) is 32.3 Å². The van der Waals surface area contributed by atoms with E-state index in [4.69, 9.17) is 4.74 Å². The standard InChI is InChI=1S/C12H19BrN2O/c1-10-12(9-13,6-8-16-10)5-3-11-4-7-14-15(11)2/h4,7,10H,3,5-6,8-9H2,1-2H3. The molecule has 0 spiro atoms. The molecule has 0 bridgehead atoms. The van der Waals surface area contributed by atoms with Crippen molar-refractivity contribution in [1.29, 1.82) is 0 Å². The van der Waals surface area contributed by atoms with E-state index in [-0.39, 0.29) is 0 Å². The van der Waals surface area contributed by atoms with Gasteiger partial charge in [-0.1, -0.05) is 15.9 Å². The van der Waals surface area contributed by atoms with Crippen LogP contribution in [0.1, 0.15) is 25.5 Å². The lowest BCUT2D eigenvalue weighted by Gasteiger charge is -2.30. The fraction of sp³-hybridized carbons (Fsp3) is 0.750. The molecule has 2 atom stereocenters. The normalized spacial score (nSPS) is 29.8. The van der Waals surface area contributed by atoms with Gasteiger partial charge in [-0.3, -0.25) is 4.68 Å². The summed E-state index contributed by atoms with van der Waals surface area (Å²) in [4.78, 5) is 0. The van der Waals surface area contributed by atoms with Gasteiger partial charge in [0.05, 0.1) is 6.10 Å². The Kier molecular flexibility index (Phi) is 3.70. The number of hydrogen-bond acceptors (Lipinski definition) is 2. The third-order valence-electron chi connectivity index (χ3n) is 3.90. The fourth-order valence-corrected chi connectivity index (χ4v) is 3.43. The highest BCUT2D eigenvalue weighted by Crippen LogP contribution is 2.40. The maximum absolute atomic E-state index is 5.71. The predicted molar refractivity (Wildman–Crippen MR) is 67.8 cm³/mol. The number of rotatable bonds is 4. The first-order valence-corrected chi connectivity index (χ1v) is 6.94. The maximum atomic E-state index is 5.71. The van der Waals surface area contributed by atoms with E-state index in [9.17, 15) is 0 Å². The monoisotopic (exact) mass is 286 g/mol. The Labute approximate surface area is 105 Å². The molecule has 0 N–H and O–H groups in total. The van der Waals surface area contributed by atoms with Gasteiger partial charge in [-0.2, -0.15) is 5.10 Å². The van der Waals surface area contributed by atoms with E-state index in [0.717, 1.165) is 24.8 Å². The van der Waals surface area contributed by atoms with Crippen LogP contribution in [0.5, 0.6) is 0 Å². The lowest BCUT2D eigenvalue weighted by Crippen LogP contribution is -2.31. The van der Waals surface area contributed by atoms with Gasteiger partial charge in [0.25, 0.3) is 0 Å². The number of ether oxygens (including phenoxy) is 1. The van der Waals surface area contributed by atoms with Crippen molar-refractivity contribution in [2.24, 2.45) is 12.5 Å². The Bertz CT molecular complexity index is 353. The highest BCUT2D eigenvalue weighted by molar-refractivity contribution is 9.09. The highest BCUT2D eigenvalue weighted by Gasteiger charge is 2.40. The van der Waals surface area contributed by atoms with E-state index in [0.29, 0.717) is 11.5 Å². The lowest BCUT2D eigenvalue weighted by molar-refractivity contribution is 0.0706. The zero-order valence-electron chi connectivity index (χ0n) is 9.95. The Morgan fingerprint density at radius 2 is 2.50 bits per heavy atom. The predicted octanol–water partition coefficient (Wildman–Crippen LogP) is 2.54. The van der Waals surface area contributed by atoms with Crippen molar-refractivity contribution in [3.05, 3.63) is 18.0 Å². The molecule has 2 unspecified atom stereocenters. The molecule has 0 radical (unpaired) electrons. The molecule has 1 fully saturated rings. The third-order valence-corrected chi connectivity index (χ3v) is 5.01. The molecule has 16 heavy (non-hydrogen) atoms. The number of aromatic nitrogens is 2. The Balaban J connectivity index is 2.00. The van der Waals surface area contributed by atoms with E-state index in [2.05, 4.69) is 34.0 Å². The maximum Gasteiger partial charge on any atom is 0.0612 e. The second-order valence-electron chi connectivity index (χ2n) is 4.71. The zero-order valence-corrected chi connectivity index (χ0v) is 11.5. The molecule has 1 aromatic rings. The van der Waals surface area contributed by atoms with Crippen LogP contribution in [-0.4, -0.2) is 27.8 Å². The van der Waals surface area contributed by atoms with Crippen LogP contribution < -0.4 is 0 Å². The summed E-state index contributed by atoms with van der Waals surface area (Å²) in [5.41, 5.74) is 1.61. The molecule has 0 amide bonds. The molecule has 1 aliphatic rings. The third kappa shape index (κ3) is 2.18. The summed E-state index contributed by atoms with van der Waals surface area (Å²) in [5.74, 6) is 0. The van der Waals surface area contributed by atoms with Crippen molar-refractivity contribution in [2.45, 2.75) is 32.3 Å². The van der Waals surface area contributed by atoms with Crippen LogP contribution in [0.25, 0.3) is 0 Å². The van der Waals surface area contributed by atoms with Crippen molar-refractivity contribution >= 4 is 15.9 Å². The van der Waals surface area contributed by atoms with Gasteiger partial charge in [-0.25, -0.2) is 0 Å². The minimum atomic E-state index is 0.310. The molecule has 0 aromatic carbocycles. The van der Waals surface area contributed by atoms with Crippen LogP contribution in [0.3, 0.4) is 0 Å². The summed E-state index contributed by atoms with van der Waals surface area (Å²) in [6.07, 6.45) is 5.64. The van der Waals surface area contributed by atoms with Gasteiger partial charge >= 0.3 is 0 Å². The Hall–Kier alpha value is -0.350. The summed E-state index contributed by atoms with van der Waals surface area (Å²) in [7, 11) is 2.00. The number of nitrogens with zero attached hydrogens (tertiary/aromatic N) is 2. The topological polar surface area (TPSA) is 27.1 Å². The fourth-order valence-electron chi connectivity index (χ4n) is 2.41. The van der Waals surface area contributed by atoms with Gasteiger partial charge in [0.2, 0.25) is 0 Å². The number of alkyl halides is 1. The molecular formula is C12H19BrN2O. The average molecular weight is 287 g/mol. The van der Waals surface area contributed by atoms with Crippen LogP contribution in [0, 0.1) is 5.41 Å². The van der Waals surface area contributed by atoms with Gasteiger partial charge < -0.3 is 4.74 Å². The molecule has 1 saturated heterocycles. The average Bonchev–Trinajstić information content (AvgIpc) is 2.84. The molecule has 1 aliphatic heterocycles. The molecule has 4 heteroatoms. The van der Waals surface area contributed by atoms with Crippen molar-refractivity contribution in [3.63, 3.8) is 0 Å². The Morgan fingerprint density at radius 3 is 3.00 bits per heavy atom. The minimum Gasteiger partial charge on any atom is -0.378 e. The number of aryl methyl sites for hydroxylation is 2. The van der Waals surface area contributed by atoms with Crippen LogP contribution in [0.15, 0.2) is 12.3 Å². The summed E-state index contributed by atoms with van der Waals surface area (Å²) in [6, 6.07) is 2.10. The SMILES string of the molecule is CC1OCCC1(CBr)CCc1ccnn1C. The molecule has 1 aromatic heterocycles. The van der Waals surface area contributed by atoms with E-state index in [1.54, 1.807) is 0 Å². The molecule has 0 aliphatic carbocycles. The summed E-state index contributed by atoms with van der Waals surface area (Å²) < 4.78 is 7.67. The zero-order chi connectivity index (χ0) is 11.6. The summed E-state index contributed by atoms with van der Waals surface area (Å²) in [5, 5.41) is 5.23. The van der Waals surface area contributed by atoms with E-state index >= 15 is 0 Å². The second-order valence-corrected chi connectivity index (χ2v) is 5.27. The first-order chi connectivity index (χ1) is 7.68. The summed E-state index contributed by atoms with van der Waals surface area (Å²) >= 11 is 3.65. The van der Waals surface area contributed by atoms with Crippen molar-refractivity contribution in [2.75, 3.05) is 11.9 Å². The Morgan fingerprint density at radius 1 is 1.69 bits per heavy atom. The molecular weight excluding hydrogens is 268 g/mol. The van der Waals surface area contributed by atoms with Crippen molar-refractivity contribution in [3.8, 4) is 0 Å². The second kappa shape index (κ2) is 4.88. The van der Waals surface area contributed by atoms with Gasteiger partial charge in [0, 0.05) is 36.3 Å². The van der Waals surface area contributed by atoms with Crippen LogP contribution >= 0.6 is 15.9 Å². The van der Waals surface area contributed by atoms with Gasteiger partial charge in [0.15, 0.2) is 0 Å². The number of halogens is 1. The van der Waals surface area contributed by atoms with Crippen LogP contribution in [0.4, 0.5) is 0 Å². The van der Waals surface area contributed by atoms with E-state index in [1.165, 1.54) is 12.1 Å². The lowest BCUT2D eigenvalue weighted by atomic mass is 9.79. The van der Waals surface area contributed by atoms with Crippen molar-refractivity contribution < 1.29 is 4.74 Å². The number of hydrogen-bond donors (Lipinski definition) is 0. The van der Waals surface area contributed by atoms with E-state index < -0.39 is 0 Å². The van der Waals surface area contributed by atoms with Crippen molar-refractivity contribution in [1.82, 2.24) is 9.78 Å². The smallest absolute Gasteiger partial charge is 0.0612 e. The summed E-state index contributed by atoms with van der Waals surface area (Å²) in [6.45, 7) is 3.09. The van der Waals surface area contributed by atoms with Gasteiger partial charge in [0.1, 0.15) is 0 Å².